The Kier molecular flexibility index (Phi) is 13.2. The first kappa shape index (κ1) is 19.2. The van der Waals surface area contributed by atoms with Gasteiger partial charge in [-0.1, -0.05) is 46.0 Å². The predicted octanol–water partition coefficient (Wildman–Crippen LogP) is 2.15. The third-order valence-corrected chi connectivity index (χ3v) is 2.62. The quantitative estimate of drug-likeness (QED) is 0.393. The van der Waals surface area contributed by atoms with Crippen LogP contribution in [0.25, 0.3) is 0 Å². The molecule has 0 fully saturated rings. The van der Waals surface area contributed by atoms with Crippen LogP contribution in [0.2, 0.25) is 0 Å². The van der Waals surface area contributed by atoms with E-state index in [0.29, 0.717) is 6.42 Å². The standard InChI is InChI=1S/C10H22O4S.Na.H/c1-10(2)8-6-4-3-5-7-9-14-15(11,12)13;;/h10H,3-9H2,1-2H3,(H,11,12,13);;. The molecule has 0 unspecified atom stereocenters. The van der Waals surface area contributed by atoms with Crippen LogP contribution in [0.1, 0.15) is 52.4 Å². The van der Waals surface area contributed by atoms with Gasteiger partial charge in [0.05, 0.1) is 6.61 Å². The van der Waals surface area contributed by atoms with Gasteiger partial charge in [-0.05, 0) is 12.3 Å². The molecule has 0 aromatic carbocycles. The zero-order valence-electron chi connectivity index (χ0n) is 9.61. The van der Waals surface area contributed by atoms with Crippen molar-refractivity contribution in [1.29, 1.82) is 0 Å². The van der Waals surface area contributed by atoms with Crippen LogP contribution in [0.3, 0.4) is 0 Å². The summed E-state index contributed by atoms with van der Waals surface area (Å²) >= 11 is 0. The van der Waals surface area contributed by atoms with E-state index in [4.69, 9.17) is 4.55 Å². The minimum atomic E-state index is -4.23. The molecular formula is C10H23NaO4S. The van der Waals surface area contributed by atoms with Gasteiger partial charge in [0, 0.05) is 0 Å². The van der Waals surface area contributed by atoms with Crippen molar-refractivity contribution in [3.05, 3.63) is 0 Å². The van der Waals surface area contributed by atoms with Crippen LogP contribution in [0.4, 0.5) is 0 Å². The molecule has 94 valence electrons. The van der Waals surface area contributed by atoms with E-state index in [1.807, 2.05) is 0 Å². The summed E-state index contributed by atoms with van der Waals surface area (Å²) in [7, 11) is -4.23. The van der Waals surface area contributed by atoms with Crippen LogP contribution in [0.15, 0.2) is 0 Å². The average molecular weight is 262 g/mol. The molecule has 0 atom stereocenters. The Bertz CT molecular complexity index is 239. The van der Waals surface area contributed by atoms with Crippen LogP contribution in [-0.2, 0) is 14.6 Å². The Morgan fingerprint density at radius 2 is 1.56 bits per heavy atom. The third-order valence-electron chi connectivity index (χ3n) is 2.16. The van der Waals surface area contributed by atoms with Gasteiger partial charge < -0.3 is 0 Å². The Balaban J connectivity index is 0. The SMILES string of the molecule is CC(C)CCCCCCCOS(=O)(=O)O.[NaH]. The van der Waals surface area contributed by atoms with Crippen molar-refractivity contribution in [2.45, 2.75) is 52.4 Å². The predicted molar refractivity (Wildman–Crippen MR) is 67.2 cm³/mol. The normalized spacial score (nSPS) is 11.5. The average Bonchev–Trinajstić information content (AvgIpc) is 2.07. The van der Waals surface area contributed by atoms with Crippen molar-refractivity contribution in [1.82, 2.24) is 0 Å². The second kappa shape index (κ2) is 11.0. The minimum absolute atomic E-state index is 0. The van der Waals surface area contributed by atoms with E-state index < -0.39 is 10.4 Å². The molecule has 16 heavy (non-hydrogen) atoms. The molecule has 6 heteroatoms. The fourth-order valence-corrected chi connectivity index (χ4v) is 1.68. The van der Waals surface area contributed by atoms with E-state index in [1.165, 1.54) is 19.3 Å². The topological polar surface area (TPSA) is 63.6 Å². The monoisotopic (exact) mass is 262 g/mol. The van der Waals surface area contributed by atoms with Crippen molar-refractivity contribution in [2.24, 2.45) is 5.92 Å². The van der Waals surface area contributed by atoms with Crippen molar-refractivity contribution in [3.8, 4) is 0 Å². The maximum absolute atomic E-state index is 10.2. The van der Waals surface area contributed by atoms with Gasteiger partial charge in [0.15, 0.2) is 0 Å². The summed E-state index contributed by atoms with van der Waals surface area (Å²) in [6.45, 7) is 4.50. The molecular weight excluding hydrogens is 239 g/mol. The zero-order chi connectivity index (χ0) is 11.7. The summed E-state index contributed by atoms with van der Waals surface area (Å²) in [4.78, 5) is 0. The van der Waals surface area contributed by atoms with Gasteiger partial charge in [0.25, 0.3) is 0 Å². The summed E-state index contributed by atoms with van der Waals surface area (Å²) < 4.78 is 32.8. The molecule has 1 N–H and O–H groups in total. The van der Waals surface area contributed by atoms with Gasteiger partial charge in [-0.25, -0.2) is 4.18 Å². The fourth-order valence-electron chi connectivity index (χ4n) is 1.35. The van der Waals surface area contributed by atoms with Gasteiger partial charge in [0.1, 0.15) is 0 Å². The zero-order valence-corrected chi connectivity index (χ0v) is 10.4. The Morgan fingerprint density at radius 3 is 2.06 bits per heavy atom. The Hall–Kier alpha value is 0.870. The van der Waals surface area contributed by atoms with Crippen LogP contribution in [-0.4, -0.2) is 49.1 Å². The van der Waals surface area contributed by atoms with Crippen molar-refractivity contribution in [3.63, 3.8) is 0 Å². The first-order valence-electron chi connectivity index (χ1n) is 5.53. The van der Waals surface area contributed by atoms with E-state index in [-0.39, 0.29) is 36.2 Å². The first-order valence-corrected chi connectivity index (χ1v) is 6.90. The van der Waals surface area contributed by atoms with Gasteiger partial charge in [-0.15, -0.1) is 0 Å². The fraction of sp³-hybridized carbons (Fsp3) is 1.00. The van der Waals surface area contributed by atoms with Gasteiger partial charge >= 0.3 is 40.0 Å². The van der Waals surface area contributed by atoms with E-state index in [9.17, 15) is 8.42 Å². The van der Waals surface area contributed by atoms with Crippen LogP contribution < -0.4 is 0 Å². The summed E-state index contributed by atoms with van der Waals surface area (Å²) in [5.74, 6) is 0.757. The summed E-state index contributed by atoms with van der Waals surface area (Å²) in [6, 6.07) is 0. The van der Waals surface area contributed by atoms with Crippen molar-refractivity contribution < 1.29 is 17.2 Å². The molecule has 4 nitrogen and oxygen atoms in total. The van der Waals surface area contributed by atoms with Crippen molar-refractivity contribution in [2.75, 3.05) is 6.61 Å². The summed E-state index contributed by atoms with van der Waals surface area (Å²) in [6.07, 6.45) is 6.40. The second-order valence-electron chi connectivity index (χ2n) is 4.20. The molecule has 0 aliphatic rings. The van der Waals surface area contributed by atoms with E-state index in [1.54, 1.807) is 0 Å². The first-order chi connectivity index (χ1) is 6.92. The van der Waals surface area contributed by atoms with E-state index in [0.717, 1.165) is 18.8 Å². The molecule has 0 saturated carbocycles. The Morgan fingerprint density at radius 1 is 1.06 bits per heavy atom. The molecule has 0 radical (unpaired) electrons. The Labute approximate surface area is 121 Å². The van der Waals surface area contributed by atoms with Gasteiger partial charge in [0.2, 0.25) is 0 Å². The molecule has 0 saturated heterocycles. The van der Waals surface area contributed by atoms with E-state index >= 15 is 0 Å². The molecule has 0 aliphatic heterocycles. The number of hydrogen-bond donors (Lipinski definition) is 1. The van der Waals surface area contributed by atoms with Crippen LogP contribution in [0.5, 0.6) is 0 Å². The number of hydrogen-bond acceptors (Lipinski definition) is 3. The van der Waals surface area contributed by atoms with Crippen molar-refractivity contribution >= 4 is 40.0 Å². The summed E-state index contributed by atoms with van der Waals surface area (Å²) in [5.41, 5.74) is 0. The third kappa shape index (κ3) is 17.3. The molecule has 0 amide bonds. The van der Waals surface area contributed by atoms with Crippen LogP contribution >= 0.6 is 0 Å². The summed E-state index contributed by atoms with van der Waals surface area (Å²) in [5, 5.41) is 0. The molecule has 0 spiro atoms. The van der Waals surface area contributed by atoms with Gasteiger partial charge in [-0.3, -0.25) is 4.55 Å². The molecule has 0 bridgehead atoms. The second-order valence-corrected chi connectivity index (χ2v) is 5.29. The maximum atomic E-state index is 10.2. The van der Waals surface area contributed by atoms with Crippen LogP contribution in [0, 0.1) is 5.92 Å². The van der Waals surface area contributed by atoms with E-state index in [2.05, 4.69) is 18.0 Å². The molecule has 0 aliphatic carbocycles. The molecule has 0 aromatic rings. The molecule has 0 aromatic heterocycles. The van der Waals surface area contributed by atoms with Gasteiger partial charge in [-0.2, -0.15) is 8.42 Å². The molecule has 0 rings (SSSR count). The molecule has 0 heterocycles. The number of unbranched alkanes of at least 4 members (excludes halogenated alkanes) is 4. The number of rotatable bonds is 9.